The van der Waals surface area contributed by atoms with Crippen molar-refractivity contribution >= 4 is 5.91 Å². The van der Waals surface area contributed by atoms with Gasteiger partial charge in [0.15, 0.2) is 0 Å². The molecule has 1 amide bonds. The van der Waals surface area contributed by atoms with Crippen LogP contribution in [0.4, 0.5) is 4.39 Å². The zero-order valence-electron chi connectivity index (χ0n) is 13.7. The molecule has 6 heteroatoms. The number of carbonyl (C=O) groups excluding carboxylic acids is 1. The molecule has 1 saturated carbocycles. The zero-order valence-corrected chi connectivity index (χ0v) is 13.7. The highest BCUT2D eigenvalue weighted by atomic mass is 19.1. The Balaban J connectivity index is 1.41. The lowest BCUT2D eigenvalue weighted by atomic mass is 10.1. The topological polar surface area (TPSA) is 70.6 Å². The number of hydrogen-bond acceptors (Lipinski definition) is 4. The van der Waals surface area contributed by atoms with E-state index in [1.165, 1.54) is 12.1 Å². The lowest BCUT2D eigenvalue weighted by molar-refractivity contribution is -0.125. The molecule has 0 unspecified atom stereocenters. The third-order valence-corrected chi connectivity index (χ3v) is 4.97. The lowest BCUT2D eigenvalue weighted by Crippen LogP contribution is -2.45. The molecular weight excluding hydrogens is 311 g/mol. The van der Waals surface area contributed by atoms with Crippen molar-refractivity contribution in [1.82, 2.24) is 10.6 Å². The molecule has 132 valence electrons. The van der Waals surface area contributed by atoms with Gasteiger partial charge in [0.25, 0.3) is 0 Å². The normalized spacial score (nSPS) is 27.5. The summed E-state index contributed by atoms with van der Waals surface area (Å²) in [6.45, 7) is 1.27. The summed E-state index contributed by atoms with van der Waals surface area (Å²) in [6.07, 6.45) is 3.10. The first-order valence-corrected chi connectivity index (χ1v) is 8.68. The number of carbonyl (C=O) groups is 1. The predicted octanol–water partition coefficient (Wildman–Crippen LogP) is 1.35. The molecule has 3 atom stereocenters. The molecular formula is C18H25FN2O3. The number of halogens is 1. The van der Waals surface area contributed by atoms with Gasteiger partial charge in [-0.25, -0.2) is 4.39 Å². The van der Waals surface area contributed by atoms with E-state index in [1.54, 1.807) is 12.1 Å². The maximum absolute atomic E-state index is 12.9. The number of aliphatic hydroxyl groups is 1. The van der Waals surface area contributed by atoms with Crippen LogP contribution in [-0.4, -0.2) is 42.4 Å². The molecule has 0 radical (unpaired) electrons. The van der Waals surface area contributed by atoms with Crippen LogP contribution in [0.1, 0.15) is 31.2 Å². The Morgan fingerprint density at radius 3 is 2.67 bits per heavy atom. The van der Waals surface area contributed by atoms with Crippen LogP contribution < -0.4 is 10.6 Å². The van der Waals surface area contributed by atoms with Crippen LogP contribution in [0.5, 0.6) is 0 Å². The smallest absolute Gasteiger partial charge is 0.223 e. The van der Waals surface area contributed by atoms with Crippen LogP contribution in [0.2, 0.25) is 0 Å². The number of nitrogens with one attached hydrogen (secondary N) is 2. The van der Waals surface area contributed by atoms with E-state index in [4.69, 9.17) is 4.74 Å². The van der Waals surface area contributed by atoms with Crippen molar-refractivity contribution in [1.29, 1.82) is 0 Å². The van der Waals surface area contributed by atoms with Gasteiger partial charge < -0.3 is 20.5 Å². The molecule has 0 bridgehead atoms. The molecule has 5 nitrogen and oxygen atoms in total. The molecule has 0 aromatic heterocycles. The Labute approximate surface area is 141 Å². The van der Waals surface area contributed by atoms with Gasteiger partial charge in [0.2, 0.25) is 5.91 Å². The summed E-state index contributed by atoms with van der Waals surface area (Å²) in [4.78, 5) is 12.0. The molecule has 3 rings (SSSR count). The van der Waals surface area contributed by atoms with Gasteiger partial charge in [-0.05, 0) is 30.5 Å². The van der Waals surface area contributed by atoms with Crippen molar-refractivity contribution in [2.45, 2.75) is 50.5 Å². The Hall–Kier alpha value is -1.50. The van der Waals surface area contributed by atoms with Crippen LogP contribution >= 0.6 is 0 Å². The molecule has 1 aliphatic carbocycles. The minimum Gasteiger partial charge on any atom is -0.389 e. The summed E-state index contributed by atoms with van der Waals surface area (Å²) in [5.74, 6) is -0.0666. The van der Waals surface area contributed by atoms with Crippen LogP contribution in [-0.2, 0) is 16.1 Å². The number of aliphatic hydroxyl groups excluding tert-OH is 1. The summed E-state index contributed by atoms with van der Waals surface area (Å²) < 4.78 is 18.5. The molecule has 1 heterocycles. The van der Waals surface area contributed by atoms with Gasteiger partial charge in [0.1, 0.15) is 11.9 Å². The second kappa shape index (κ2) is 8.05. The van der Waals surface area contributed by atoms with Gasteiger partial charge in [-0.1, -0.05) is 25.0 Å². The van der Waals surface area contributed by atoms with E-state index in [0.29, 0.717) is 19.7 Å². The van der Waals surface area contributed by atoms with Gasteiger partial charge >= 0.3 is 0 Å². The fourth-order valence-electron chi connectivity index (χ4n) is 3.43. The quantitative estimate of drug-likeness (QED) is 0.733. The minimum absolute atomic E-state index is 0.0750. The van der Waals surface area contributed by atoms with Gasteiger partial charge in [0.05, 0.1) is 18.8 Å². The van der Waals surface area contributed by atoms with Crippen molar-refractivity contribution in [3.63, 3.8) is 0 Å². The maximum atomic E-state index is 12.9. The highest BCUT2D eigenvalue weighted by Gasteiger charge is 2.36. The average Bonchev–Trinajstić information content (AvgIpc) is 3.23. The van der Waals surface area contributed by atoms with Crippen molar-refractivity contribution in [3.05, 3.63) is 35.6 Å². The standard InChI is InChI=1S/C18H25FN2O3/c19-14-7-5-12(6-8-14)9-20-15-11-24-16(17(15)22)10-21-18(23)13-3-1-2-4-13/h5-8,13,15-17,20,22H,1-4,9-11H2,(H,21,23)/t15-,16-,17+/m1/s1. The highest BCUT2D eigenvalue weighted by Crippen LogP contribution is 2.24. The van der Waals surface area contributed by atoms with E-state index in [2.05, 4.69) is 10.6 Å². The first-order valence-electron chi connectivity index (χ1n) is 8.68. The summed E-state index contributed by atoms with van der Waals surface area (Å²) in [5, 5.41) is 16.5. The fraction of sp³-hybridized carbons (Fsp3) is 0.611. The van der Waals surface area contributed by atoms with Gasteiger partial charge in [-0.15, -0.1) is 0 Å². The third kappa shape index (κ3) is 4.32. The van der Waals surface area contributed by atoms with Crippen LogP contribution in [0.3, 0.4) is 0 Å². The van der Waals surface area contributed by atoms with Gasteiger partial charge in [0, 0.05) is 19.0 Å². The molecule has 0 spiro atoms. The molecule has 2 fully saturated rings. The average molecular weight is 336 g/mol. The van der Waals surface area contributed by atoms with Gasteiger partial charge in [-0.3, -0.25) is 4.79 Å². The number of hydrogen-bond donors (Lipinski definition) is 3. The van der Waals surface area contributed by atoms with E-state index in [1.807, 2.05) is 0 Å². The van der Waals surface area contributed by atoms with Crippen LogP contribution in [0.15, 0.2) is 24.3 Å². The van der Waals surface area contributed by atoms with Crippen molar-refractivity contribution in [3.8, 4) is 0 Å². The molecule has 3 N–H and O–H groups in total. The maximum Gasteiger partial charge on any atom is 0.223 e. The third-order valence-electron chi connectivity index (χ3n) is 4.97. The number of rotatable bonds is 6. The van der Waals surface area contributed by atoms with Crippen LogP contribution in [0.25, 0.3) is 0 Å². The fourth-order valence-corrected chi connectivity index (χ4v) is 3.43. The molecule has 1 saturated heterocycles. The molecule has 1 aromatic rings. The van der Waals surface area contributed by atoms with Crippen molar-refractivity contribution in [2.24, 2.45) is 5.92 Å². The molecule has 1 aliphatic heterocycles. The van der Waals surface area contributed by atoms with E-state index < -0.39 is 6.10 Å². The zero-order chi connectivity index (χ0) is 16.9. The minimum atomic E-state index is -0.672. The SMILES string of the molecule is O=C(NC[C@H]1OC[C@@H](NCc2ccc(F)cc2)[C@@H]1O)C1CCCC1. The Morgan fingerprint density at radius 2 is 1.96 bits per heavy atom. The first kappa shape index (κ1) is 17.3. The second-order valence-corrected chi connectivity index (χ2v) is 6.70. The summed E-state index contributed by atoms with van der Waals surface area (Å²) >= 11 is 0. The lowest BCUT2D eigenvalue weighted by Gasteiger charge is -2.19. The highest BCUT2D eigenvalue weighted by molar-refractivity contribution is 5.78. The predicted molar refractivity (Wildman–Crippen MR) is 87.7 cm³/mol. The van der Waals surface area contributed by atoms with Crippen LogP contribution in [0, 0.1) is 11.7 Å². The number of benzene rings is 1. The van der Waals surface area contributed by atoms with E-state index in [0.717, 1.165) is 31.2 Å². The molecule has 24 heavy (non-hydrogen) atoms. The van der Waals surface area contributed by atoms with E-state index in [-0.39, 0.29) is 29.8 Å². The van der Waals surface area contributed by atoms with E-state index >= 15 is 0 Å². The number of ether oxygens (including phenoxy) is 1. The second-order valence-electron chi connectivity index (χ2n) is 6.70. The Kier molecular flexibility index (Phi) is 5.81. The largest absolute Gasteiger partial charge is 0.389 e. The molecule has 1 aromatic carbocycles. The first-order chi connectivity index (χ1) is 11.6. The van der Waals surface area contributed by atoms with Crippen molar-refractivity contribution < 1.29 is 19.0 Å². The Morgan fingerprint density at radius 1 is 1.25 bits per heavy atom. The van der Waals surface area contributed by atoms with Gasteiger partial charge in [-0.2, -0.15) is 0 Å². The van der Waals surface area contributed by atoms with E-state index in [9.17, 15) is 14.3 Å². The summed E-state index contributed by atoms with van der Waals surface area (Å²) in [7, 11) is 0. The van der Waals surface area contributed by atoms with Crippen molar-refractivity contribution in [2.75, 3.05) is 13.2 Å². The Bertz CT molecular complexity index is 546. The summed E-state index contributed by atoms with van der Waals surface area (Å²) in [5.41, 5.74) is 0.946. The molecule has 2 aliphatic rings. The number of amides is 1. The monoisotopic (exact) mass is 336 g/mol. The summed E-state index contributed by atoms with van der Waals surface area (Å²) in [6, 6.07) is 6.07.